The van der Waals surface area contributed by atoms with Crippen LogP contribution in [0.1, 0.15) is 37.8 Å². The molecule has 6 heteroatoms. The molecule has 28 heavy (non-hydrogen) atoms. The molecular formula is C22H26Cl2N2O2. The molecule has 0 aliphatic rings. The van der Waals surface area contributed by atoms with Crippen LogP contribution in [0.15, 0.2) is 48.5 Å². The van der Waals surface area contributed by atoms with Crippen molar-refractivity contribution < 1.29 is 9.59 Å². The van der Waals surface area contributed by atoms with Gasteiger partial charge in [-0.2, -0.15) is 0 Å². The minimum Gasteiger partial charge on any atom is -0.354 e. The van der Waals surface area contributed by atoms with Crippen molar-refractivity contribution in [3.05, 3.63) is 69.7 Å². The molecule has 0 saturated heterocycles. The van der Waals surface area contributed by atoms with Crippen LogP contribution >= 0.6 is 23.2 Å². The third-order valence-corrected chi connectivity index (χ3v) is 5.21. The molecule has 0 radical (unpaired) electrons. The highest BCUT2D eigenvalue weighted by atomic mass is 35.5. The average molecular weight is 421 g/mol. The second kappa shape index (κ2) is 11.1. The lowest BCUT2D eigenvalue weighted by atomic mass is 10.1. The van der Waals surface area contributed by atoms with Gasteiger partial charge in [0.1, 0.15) is 6.04 Å². The van der Waals surface area contributed by atoms with E-state index in [1.807, 2.05) is 50.2 Å². The fourth-order valence-corrected chi connectivity index (χ4v) is 3.31. The van der Waals surface area contributed by atoms with Crippen molar-refractivity contribution in [2.75, 3.05) is 6.54 Å². The number of rotatable bonds is 9. The summed E-state index contributed by atoms with van der Waals surface area (Å²) in [5, 5.41) is 3.80. The fourth-order valence-electron chi connectivity index (χ4n) is 2.99. The molecular weight excluding hydrogens is 395 g/mol. The Balaban J connectivity index is 2.28. The Morgan fingerprint density at radius 3 is 2.32 bits per heavy atom. The van der Waals surface area contributed by atoms with Gasteiger partial charge in [-0.3, -0.25) is 9.59 Å². The number of halogens is 2. The standard InChI is InChI=1S/C22H26Cl2N2O2/c1-3-12-25-22(28)20(4-2)26(15-17-10-11-18(23)19(24)13-17)21(27)14-16-8-6-5-7-9-16/h5-11,13,20H,3-4,12,14-15H2,1-2H3,(H,25,28). The Hall–Kier alpha value is -2.04. The maximum atomic E-state index is 13.1. The summed E-state index contributed by atoms with van der Waals surface area (Å²) in [6.45, 7) is 4.78. The molecule has 1 N–H and O–H groups in total. The SMILES string of the molecule is CCCNC(=O)C(CC)N(Cc1ccc(Cl)c(Cl)c1)C(=O)Cc1ccccc1. The van der Waals surface area contributed by atoms with Crippen molar-refractivity contribution in [3.63, 3.8) is 0 Å². The van der Waals surface area contributed by atoms with Crippen LogP contribution in [-0.2, 0) is 22.6 Å². The smallest absolute Gasteiger partial charge is 0.242 e. The highest BCUT2D eigenvalue weighted by Crippen LogP contribution is 2.24. The number of hydrogen-bond acceptors (Lipinski definition) is 2. The second-order valence-corrected chi connectivity index (χ2v) is 7.46. The van der Waals surface area contributed by atoms with E-state index in [-0.39, 0.29) is 18.2 Å². The van der Waals surface area contributed by atoms with Crippen molar-refractivity contribution >= 4 is 35.0 Å². The number of carbonyl (C=O) groups is 2. The van der Waals surface area contributed by atoms with E-state index in [9.17, 15) is 9.59 Å². The van der Waals surface area contributed by atoms with Crippen LogP contribution < -0.4 is 5.32 Å². The van der Waals surface area contributed by atoms with Crippen LogP contribution in [0.25, 0.3) is 0 Å². The molecule has 0 saturated carbocycles. The molecule has 4 nitrogen and oxygen atoms in total. The van der Waals surface area contributed by atoms with E-state index < -0.39 is 6.04 Å². The zero-order valence-electron chi connectivity index (χ0n) is 16.3. The molecule has 0 heterocycles. The number of nitrogens with one attached hydrogen (secondary N) is 1. The van der Waals surface area contributed by atoms with Crippen molar-refractivity contribution in [3.8, 4) is 0 Å². The van der Waals surface area contributed by atoms with E-state index in [0.717, 1.165) is 17.5 Å². The van der Waals surface area contributed by atoms with E-state index in [2.05, 4.69) is 5.32 Å². The topological polar surface area (TPSA) is 49.4 Å². The van der Waals surface area contributed by atoms with Gasteiger partial charge in [-0.05, 0) is 36.1 Å². The number of hydrogen-bond donors (Lipinski definition) is 1. The molecule has 2 rings (SSSR count). The molecule has 150 valence electrons. The summed E-state index contributed by atoms with van der Waals surface area (Å²) in [4.78, 5) is 27.5. The number of nitrogens with zero attached hydrogens (tertiary/aromatic N) is 1. The third-order valence-electron chi connectivity index (χ3n) is 4.47. The maximum absolute atomic E-state index is 13.1. The Kier molecular flexibility index (Phi) is 8.81. The largest absolute Gasteiger partial charge is 0.354 e. The Morgan fingerprint density at radius 1 is 1.00 bits per heavy atom. The van der Waals surface area contributed by atoms with Crippen molar-refractivity contribution in [1.82, 2.24) is 10.2 Å². The van der Waals surface area contributed by atoms with E-state index in [1.165, 1.54) is 0 Å². The van der Waals surface area contributed by atoms with Gasteiger partial charge >= 0.3 is 0 Å². The summed E-state index contributed by atoms with van der Waals surface area (Å²) in [6.07, 6.45) is 1.60. The summed E-state index contributed by atoms with van der Waals surface area (Å²) in [5.41, 5.74) is 1.74. The maximum Gasteiger partial charge on any atom is 0.242 e. The lowest BCUT2D eigenvalue weighted by molar-refractivity contribution is -0.140. The van der Waals surface area contributed by atoms with Gasteiger partial charge < -0.3 is 10.2 Å². The van der Waals surface area contributed by atoms with E-state index in [4.69, 9.17) is 23.2 Å². The minimum absolute atomic E-state index is 0.101. The van der Waals surface area contributed by atoms with Crippen molar-refractivity contribution in [2.45, 2.75) is 45.7 Å². The summed E-state index contributed by atoms with van der Waals surface area (Å²) < 4.78 is 0. The van der Waals surface area contributed by atoms with E-state index >= 15 is 0 Å². The Bertz CT molecular complexity index is 796. The molecule has 1 unspecified atom stereocenters. The zero-order valence-corrected chi connectivity index (χ0v) is 17.8. The molecule has 0 spiro atoms. The van der Waals surface area contributed by atoms with Crippen LogP contribution in [-0.4, -0.2) is 29.3 Å². The first kappa shape index (κ1) is 22.3. The van der Waals surface area contributed by atoms with Crippen LogP contribution in [0, 0.1) is 0 Å². The number of amides is 2. The van der Waals surface area contributed by atoms with Gasteiger partial charge in [0, 0.05) is 13.1 Å². The molecule has 2 aromatic carbocycles. The molecule has 2 amide bonds. The van der Waals surface area contributed by atoms with Gasteiger partial charge in [-0.25, -0.2) is 0 Å². The van der Waals surface area contributed by atoms with Crippen molar-refractivity contribution in [1.29, 1.82) is 0 Å². The van der Waals surface area contributed by atoms with E-state index in [1.54, 1.807) is 17.0 Å². The summed E-state index contributed by atoms with van der Waals surface area (Å²) in [5.74, 6) is -0.235. The Labute approximate surface area is 176 Å². The van der Waals surface area contributed by atoms with Crippen LogP contribution in [0.5, 0.6) is 0 Å². The van der Waals surface area contributed by atoms with Gasteiger partial charge in [0.2, 0.25) is 11.8 Å². The highest BCUT2D eigenvalue weighted by molar-refractivity contribution is 6.42. The van der Waals surface area contributed by atoms with Gasteiger partial charge in [-0.15, -0.1) is 0 Å². The first-order chi connectivity index (χ1) is 13.5. The minimum atomic E-state index is -0.544. The van der Waals surface area contributed by atoms with Gasteiger partial charge in [-0.1, -0.05) is 73.4 Å². The fraction of sp³-hybridized carbons (Fsp3) is 0.364. The summed E-state index contributed by atoms with van der Waals surface area (Å²) in [7, 11) is 0. The number of carbonyl (C=O) groups excluding carboxylic acids is 2. The molecule has 0 fully saturated rings. The first-order valence-electron chi connectivity index (χ1n) is 9.51. The lowest BCUT2D eigenvalue weighted by Crippen LogP contribution is -2.49. The Morgan fingerprint density at radius 2 is 1.71 bits per heavy atom. The lowest BCUT2D eigenvalue weighted by Gasteiger charge is -2.31. The monoisotopic (exact) mass is 420 g/mol. The molecule has 0 aromatic heterocycles. The number of benzene rings is 2. The molecule has 1 atom stereocenters. The van der Waals surface area contributed by atoms with E-state index in [0.29, 0.717) is 29.6 Å². The zero-order chi connectivity index (χ0) is 20.5. The van der Waals surface area contributed by atoms with Crippen LogP contribution in [0.3, 0.4) is 0 Å². The third kappa shape index (κ3) is 6.25. The normalized spacial score (nSPS) is 11.7. The van der Waals surface area contributed by atoms with Gasteiger partial charge in [0.25, 0.3) is 0 Å². The first-order valence-corrected chi connectivity index (χ1v) is 10.3. The summed E-state index contributed by atoms with van der Waals surface area (Å²) in [6, 6.07) is 14.3. The highest BCUT2D eigenvalue weighted by Gasteiger charge is 2.28. The molecule has 0 bridgehead atoms. The van der Waals surface area contributed by atoms with Crippen LogP contribution in [0.4, 0.5) is 0 Å². The molecule has 2 aromatic rings. The second-order valence-electron chi connectivity index (χ2n) is 6.65. The summed E-state index contributed by atoms with van der Waals surface area (Å²) >= 11 is 12.1. The van der Waals surface area contributed by atoms with Gasteiger partial charge in [0.15, 0.2) is 0 Å². The average Bonchev–Trinajstić information content (AvgIpc) is 2.69. The predicted octanol–water partition coefficient (Wildman–Crippen LogP) is 4.87. The molecule has 0 aliphatic heterocycles. The quantitative estimate of drug-likeness (QED) is 0.628. The van der Waals surface area contributed by atoms with Crippen molar-refractivity contribution in [2.24, 2.45) is 0 Å². The van der Waals surface area contributed by atoms with Gasteiger partial charge in [0.05, 0.1) is 16.5 Å². The van der Waals surface area contributed by atoms with Crippen LogP contribution in [0.2, 0.25) is 10.0 Å². The molecule has 0 aliphatic carbocycles. The predicted molar refractivity (Wildman–Crippen MR) is 115 cm³/mol.